The van der Waals surface area contributed by atoms with Gasteiger partial charge in [-0.05, 0) is 127 Å². The Balaban J connectivity index is 1.38. The SMILES string of the molecule is C=CCOC12Oc3ccc(OC(=O)NCC)cc3C3C(CCCCO)C(CCCCO)C=C(C(=NOCc4ccc([N+](=O)[O-])cc4)CC1N(Cc1cccc4ccccc14)C(=O)c1ccc(C#N)cc1)C32. The van der Waals surface area contributed by atoms with Gasteiger partial charge >= 0.3 is 6.09 Å². The summed E-state index contributed by atoms with van der Waals surface area (Å²) in [6.07, 6.45) is 7.35. The van der Waals surface area contributed by atoms with Crippen molar-refractivity contribution in [3.05, 3.63) is 171 Å². The summed E-state index contributed by atoms with van der Waals surface area (Å²) in [6.45, 7) is 6.40. The van der Waals surface area contributed by atoms with Crippen LogP contribution in [0.1, 0.15) is 90.4 Å². The quantitative estimate of drug-likeness (QED) is 0.0273. The summed E-state index contributed by atoms with van der Waals surface area (Å²) < 4.78 is 20.5. The van der Waals surface area contributed by atoms with Gasteiger partial charge in [-0.25, -0.2) is 4.79 Å². The number of fused-ring (bicyclic) bond motifs is 3. The Morgan fingerprint density at radius 1 is 0.986 bits per heavy atom. The monoisotopic (exact) mass is 961 g/mol. The first kappa shape index (κ1) is 50.0. The molecule has 0 radical (unpaired) electrons. The molecule has 8 rings (SSSR count). The zero-order chi connectivity index (χ0) is 49.9. The lowest BCUT2D eigenvalue weighted by Crippen LogP contribution is -2.70. The molecule has 0 aromatic heterocycles. The molecule has 6 unspecified atom stereocenters. The maximum Gasteiger partial charge on any atom is 0.412 e. The number of hydrogen-bond acceptors (Lipinski definition) is 12. The highest BCUT2D eigenvalue weighted by atomic mass is 16.7. The van der Waals surface area contributed by atoms with Crippen molar-refractivity contribution in [3.63, 3.8) is 0 Å². The fraction of sp³-hybridized carbons (Fsp3) is 0.357. The van der Waals surface area contributed by atoms with Gasteiger partial charge in [0.05, 0.1) is 34.8 Å². The molecule has 1 saturated carbocycles. The number of nitrogens with zero attached hydrogens (tertiary/aromatic N) is 4. The molecular weight excluding hydrogens is 903 g/mol. The normalized spacial score (nSPS) is 21.4. The van der Waals surface area contributed by atoms with Crippen molar-refractivity contribution in [2.75, 3.05) is 26.4 Å². The second-order valence-electron chi connectivity index (χ2n) is 18.1. The second-order valence-corrected chi connectivity index (χ2v) is 18.1. The number of nitriles is 1. The van der Waals surface area contributed by atoms with Crippen LogP contribution in [0, 0.1) is 39.2 Å². The van der Waals surface area contributed by atoms with Gasteiger partial charge in [-0.2, -0.15) is 5.26 Å². The second kappa shape index (κ2) is 23.0. The summed E-state index contributed by atoms with van der Waals surface area (Å²) in [5.74, 6) is -2.44. The largest absolute Gasteiger partial charge is 0.459 e. The number of rotatable bonds is 21. The average molecular weight is 962 g/mol. The van der Waals surface area contributed by atoms with Crippen LogP contribution in [0.25, 0.3) is 10.8 Å². The molecule has 3 N–H and O–H groups in total. The Bertz CT molecular complexity index is 2820. The van der Waals surface area contributed by atoms with Crippen LogP contribution in [0.3, 0.4) is 0 Å². The van der Waals surface area contributed by atoms with Crippen molar-refractivity contribution in [3.8, 4) is 17.6 Å². The van der Waals surface area contributed by atoms with E-state index in [1.165, 1.54) is 12.1 Å². The molecule has 71 heavy (non-hydrogen) atoms. The van der Waals surface area contributed by atoms with Crippen LogP contribution in [0.15, 0.2) is 139 Å². The Kier molecular flexibility index (Phi) is 16.2. The van der Waals surface area contributed by atoms with Gasteiger partial charge in [0.1, 0.15) is 24.1 Å². The maximum atomic E-state index is 15.7. The van der Waals surface area contributed by atoms with Crippen molar-refractivity contribution in [1.29, 1.82) is 5.26 Å². The Labute approximate surface area is 413 Å². The number of nitro benzene ring substituents is 1. The standard InChI is InChI=1S/C56H59N5O10/c1-3-30-68-56-51(60(54(64)40-22-18-37(34-57)19-23-40)35-42-15-11-14-39-12-5-6-16-45(39)42)33-49(59-69-36-38-20-24-43(25-21-38)61(66)67)47-31-41(13-7-9-28-62)46(17-8-10-29-63)52(53(47)56)48-32-44(26-27-50(48)71-56)70-55(65)58-4-2/h3,5-6,11-12,14-16,18-27,31-32,41,46,51-53,62-63H,1,4,7-10,13,17,28-30,33,35-36H2,2H3,(H,58,65). The summed E-state index contributed by atoms with van der Waals surface area (Å²) >= 11 is 0. The lowest BCUT2D eigenvalue weighted by Gasteiger charge is -2.60. The molecule has 0 saturated heterocycles. The van der Waals surface area contributed by atoms with Crippen LogP contribution >= 0.6 is 0 Å². The number of amides is 2. The van der Waals surface area contributed by atoms with Gasteiger partial charge in [0, 0.05) is 61.9 Å². The van der Waals surface area contributed by atoms with E-state index in [4.69, 9.17) is 24.2 Å². The molecule has 1 fully saturated rings. The van der Waals surface area contributed by atoms with Crippen molar-refractivity contribution in [2.45, 2.75) is 82.8 Å². The predicted molar refractivity (Wildman–Crippen MR) is 268 cm³/mol. The first-order chi connectivity index (χ1) is 34.6. The number of oxime groups is 1. The van der Waals surface area contributed by atoms with Gasteiger partial charge in [0.2, 0.25) is 5.79 Å². The summed E-state index contributed by atoms with van der Waals surface area (Å²) in [5, 5.41) is 50.9. The van der Waals surface area contributed by atoms with Gasteiger partial charge in [-0.1, -0.05) is 72.6 Å². The van der Waals surface area contributed by atoms with E-state index in [9.17, 15) is 30.4 Å². The van der Waals surface area contributed by atoms with Crippen molar-refractivity contribution < 1.29 is 43.8 Å². The van der Waals surface area contributed by atoms with Crippen LogP contribution in [-0.2, 0) is 22.7 Å². The highest BCUT2D eigenvalue weighted by Gasteiger charge is 2.65. The molecular formula is C56H59N5O10. The topological polar surface area (TPSA) is 206 Å². The number of carbonyl (C=O) groups is 2. The van der Waals surface area contributed by atoms with Gasteiger partial charge in [-0.15, -0.1) is 6.58 Å². The third-order valence-electron chi connectivity index (χ3n) is 13.8. The van der Waals surface area contributed by atoms with Crippen LogP contribution in [0.2, 0.25) is 0 Å². The molecule has 5 aromatic rings. The molecule has 6 atom stereocenters. The minimum absolute atomic E-state index is 0.0132. The first-order valence-electron chi connectivity index (χ1n) is 24.3. The number of ether oxygens (including phenoxy) is 3. The van der Waals surface area contributed by atoms with E-state index in [0.717, 1.165) is 33.9 Å². The Hall–Kier alpha value is -7.38. The van der Waals surface area contributed by atoms with E-state index in [-0.39, 0.29) is 62.8 Å². The number of hydrogen-bond donors (Lipinski definition) is 3. The number of carbonyl (C=O) groups excluding carboxylic acids is 2. The van der Waals surface area contributed by atoms with Gasteiger partial charge in [-0.3, -0.25) is 14.9 Å². The van der Waals surface area contributed by atoms with Gasteiger partial charge in [0.25, 0.3) is 11.6 Å². The van der Waals surface area contributed by atoms with Crippen molar-refractivity contribution in [2.24, 2.45) is 22.9 Å². The molecule has 15 heteroatoms. The van der Waals surface area contributed by atoms with Crippen LogP contribution in [-0.4, -0.2) is 75.9 Å². The van der Waals surface area contributed by atoms with Crippen molar-refractivity contribution in [1.82, 2.24) is 10.2 Å². The van der Waals surface area contributed by atoms with Gasteiger partial charge < -0.3 is 39.5 Å². The lowest BCUT2D eigenvalue weighted by molar-refractivity contribution is -0.384. The summed E-state index contributed by atoms with van der Waals surface area (Å²) in [5.41, 5.74) is 4.31. The molecule has 3 aliphatic rings. The van der Waals surface area contributed by atoms with Crippen LogP contribution in [0.5, 0.6) is 11.5 Å². The number of nitrogens with one attached hydrogen (secondary N) is 1. The minimum Gasteiger partial charge on any atom is -0.459 e. The zero-order valence-corrected chi connectivity index (χ0v) is 39.8. The molecule has 2 amide bonds. The fourth-order valence-corrected chi connectivity index (χ4v) is 10.7. The minimum atomic E-state index is -1.62. The Morgan fingerprint density at radius 2 is 1.73 bits per heavy atom. The molecule has 368 valence electrons. The number of benzene rings is 5. The molecule has 15 nitrogen and oxygen atoms in total. The van der Waals surface area contributed by atoms with E-state index < -0.39 is 34.7 Å². The number of allylic oxidation sites excluding steroid dienone is 1. The molecule has 0 bridgehead atoms. The van der Waals surface area contributed by atoms with Crippen LogP contribution < -0.4 is 14.8 Å². The van der Waals surface area contributed by atoms with E-state index >= 15 is 4.79 Å². The first-order valence-corrected chi connectivity index (χ1v) is 24.3. The molecule has 2 aliphatic carbocycles. The van der Waals surface area contributed by atoms with E-state index in [1.54, 1.807) is 66.4 Å². The summed E-state index contributed by atoms with van der Waals surface area (Å²) in [4.78, 5) is 47.6. The molecule has 0 spiro atoms. The van der Waals surface area contributed by atoms with Gasteiger partial charge in [0.15, 0.2) is 0 Å². The van der Waals surface area contributed by atoms with Crippen LogP contribution in [0.4, 0.5) is 10.5 Å². The molecule has 5 aromatic carbocycles. The number of nitro groups is 1. The molecule has 1 heterocycles. The number of aliphatic hydroxyl groups excluding tert-OH is 2. The zero-order valence-electron chi connectivity index (χ0n) is 39.8. The maximum absolute atomic E-state index is 15.7. The Morgan fingerprint density at radius 3 is 2.45 bits per heavy atom. The van der Waals surface area contributed by atoms with E-state index in [0.29, 0.717) is 72.5 Å². The predicted octanol–water partition coefficient (Wildman–Crippen LogP) is 9.90. The average Bonchev–Trinajstić information content (AvgIpc) is 3.38. The van der Waals surface area contributed by atoms with Crippen molar-refractivity contribution >= 4 is 34.2 Å². The smallest absolute Gasteiger partial charge is 0.412 e. The van der Waals surface area contributed by atoms with E-state index in [2.05, 4.69) is 24.0 Å². The third kappa shape index (κ3) is 10.9. The number of aliphatic hydroxyl groups is 2. The fourth-order valence-electron chi connectivity index (χ4n) is 10.7. The lowest BCUT2D eigenvalue weighted by atomic mass is 9.55. The number of unbranched alkanes of at least 4 members (excludes halogenated alkanes) is 2. The number of non-ortho nitro benzene ring substituents is 1. The molecule has 1 aliphatic heterocycles. The summed E-state index contributed by atoms with van der Waals surface area (Å²) in [7, 11) is 0. The van der Waals surface area contributed by atoms with E-state index in [1.807, 2.05) is 48.5 Å². The highest BCUT2D eigenvalue weighted by Crippen LogP contribution is 2.62. The highest BCUT2D eigenvalue weighted by molar-refractivity contribution is 6.03. The third-order valence-corrected chi connectivity index (χ3v) is 13.8. The summed E-state index contributed by atoms with van der Waals surface area (Å²) in [6, 6.07) is 33.1.